The first-order chi connectivity index (χ1) is 13.1. The number of fused-ring (bicyclic) bond motifs is 2. The van der Waals surface area contributed by atoms with E-state index in [9.17, 15) is 16.8 Å². The second kappa shape index (κ2) is 8.16. The lowest BCUT2D eigenvalue weighted by Gasteiger charge is -2.17. The van der Waals surface area contributed by atoms with Gasteiger partial charge in [-0.2, -0.15) is 16.8 Å². The minimum absolute atomic E-state index is 0.0376. The SMILES string of the molecule is CS(=O)(=O)OCC/C=C1/c2ccccc2C[C@H](OS(C)(=O)=O)c2ccccc21. The molecule has 0 aromatic heterocycles. The van der Waals surface area contributed by atoms with Crippen molar-refractivity contribution in [3.8, 4) is 0 Å². The molecule has 0 saturated heterocycles. The molecular formula is C20H22O6S2. The summed E-state index contributed by atoms with van der Waals surface area (Å²) >= 11 is 0. The molecule has 1 aliphatic carbocycles. The Balaban J connectivity index is 2.07. The Morgan fingerprint density at radius 3 is 2.25 bits per heavy atom. The van der Waals surface area contributed by atoms with Gasteiger partial charge in [0.15, 0.2) is 0 Å². The molecule has 28 heavy (non-hydrogen) atoms. The molecule has 0 N–H and O–H groups in total. The third-order valence-electron chi connectivity index (χ3n) is 4.37. The van der Waals surface area contributed by atoms with Crippen LogP contribution in [0, 0.1) is 0 Å². The number of hydrogen-bond donors (Lipinski definition) is 0. The molecule has 0 fully saturated rings. The molecular weight excluding hydrogens is 400 g/mol. The average molecular weight is 423 g/mol. The van der Waals surface area contributed by atoms with Gasteiger partial charge in [-0.15, -0.1) is 0 Å². The van der Waals surface area contributed by atoms with Crippen molar-refractivity contribution in [2.45, 2.75) is 18.9 Å². The van der Waals surface area contributed by atoms with E-state index >= 15 is 0 Å². The van der Waals surface area contributed by atoms with Crippen molar-refractivity contribution in [2.24, 2.45) is 0 Å². The Morgan fingerprint density at radius 2 is 1.57 bits per heavy atom. The van der Waals surface area contributed by atoms with Crippen LogP contribution in [-0.2, 0) is 35.0 Å². The average Bonchev–Trinajstić information content (AvgIpc) is 2.72. The first kappa shape index (κ1) is 20.7. The summed E-state index contributed by atoms with van der Waals surface area (Å²) in [6, 6.07) is 15.2. The highest BCUT2D eigenvalue weighted by molar-refractivity contribution is 7.86. The third kappa shape index (κ3) is 5.29. The summed E-state index contributed by atoms with van der Waals surface area (Å²) in [5.41, 5.74) is 4.47. The van der Waals surface area contributed by atoms with Crippen molar-refractivity contribution >= 4 is 25.8 Å². The second-order valence-electron chi connectivity index (χ2n) is 6.67. The van der Waals surface area contributed by atoms with E-state index in [1.165, 1.54) is 0 Å². The van der Waals surface area contributed by atoms with Crippen molar-refractivity contribution in [3.63, 3.8) is 0 Å². The van der Waals surface area contributed by atoms with Gasteiger partial charge in [-0.25, -0.2) is 0 Å². The van der Waals surface area contributed by atoms with Gasteiger partial charge in [0.25, 0.3) is 20.2 Å². The lowest BCUT2D eigenvalue weighted by molar-refractivity contribution is 0.216. The van der Waals surface area contributed by atoms with Gasteiger partial charge in [0, 0.05) is 6.42 Å². The van der Waals surface area contributed by atoms with Gasteiger partial charge in [0.2, 0.25) is 0 Å². The maximum absolute atomic E-state index is 11.8. The molecule has 0 aliphatic heterocycles. The molecule has 8 heteroatoms. The first-order valence-electron chi connectivity index (χ1n) is 8.74. The zero-order valence-electron chi connectivity index (χ0n) is 15.7. The summed E-state index contributed by atoms with van der Waals surface area (Å²) in [6.07, 6.45) is 4.16. The monoisotopic (exact) mass is 422 g/mol. The fraction of sp³-hybridized carbons (Fsp3) is 0.300. The Bertz CT molecular complexity index is 1100. The zero-order valence-corrected chi connectivity index (χ0v) is 17.3. The van der Waals surface area contributed by atoms with Crippen molar-refractivity contribution in [3.05, 3.63) is 76.9 Å². The third-order valence-corrected chi connectivity index (χ3v) is 5.54. The van der Waals surface area contributed by atoms with Gasteiger partial charge in [-0.1, -0.05) is 54.6 Å². The van der Waals surface area contributed by atoms with Crippen LogP contribution in [0.4, 0.5) is 0 Å². The van der Waals surface area contributed by atoms with E-state index in [2.05, 4.69) is 0 Å². The lowest BCUT2D eigenvalue weighted by atomic mass is 9.93. The molecule has 1 atom stereocenters. The minimum Gasteiger partial charge on any atom is -0.270 e. The van der Waals surface area contributed by atoms with Crippen LogP contribution in [0.2, 0.25) is 0 Å². The molecule has 3 rings (SSSR count). The van der Waals surface area contributed by atoms with E-state index in [0.717, 1.165) is 40.3 Å². The smallest absolute Gasteiger partial charge is 0.264 e. The second-order valence-corrected chi connectivity index (χ2v) is 9.91. The highest BCUT2D eigenvalue weighted by atomic mass is 32.2. The summed E-state index contributed by atoms with van der Waals surface area (Å²) < 4.78 is 56.2. The predicted molar refractivity (Wildman–Crippen MR) is 108 cm³/mol. The van der Waals surface area contributed by atoms with Crippen molar-refractivity contribution in [2.75, 3.05) is 19.1 Å². The normalized spacial score (nSPS) is 18.4. The van der Waals surface area contributed by atoms with Gasteiger partial charge >= 0.3 is 0 Å². The van der Waals surface area contributed by atoms with Crippen LogP contribution in [0.3, 0.4) is 0 Å². The van der Waals surface area contributed by atoms with Gasteiger partial charge < -0.3 is 0 Å². The van der Waals surface area contributed by atoms with Gasteiger partial charge in [0.1, 0.15) is 6.10 Å². The number of rotatable bonds is 6. The van der Waals surface area contributed by atoms with E-state index in [0.29, 0.717) is 12.8 Å². The summed E-state index contributed by atoms with van der Waals surface area (Å²) in [6.45, 7) is 0.0376. The van der Waals surface area contributed by atoms with Crippen LogP contribution >= 0.6 is 0 Å². The maximum Gasteiger partial charge on any atom is 0.264 e. The van der Waals surface area contributed by atoms with E-state index < -0.39 is 26.3 Å². The fourth-order valence-corrected chi connectivity index (χ4v) is 4.35. The lowest BCUT2D eigenvalue weighted by Crippen LogP contribution is -2.13. The summed E-state index contributed by atoms with van der Waals surface area (Å²) in [5.74, 6) is 0. The van der Waals surface area contributed by atoms with E-state index in [1.54, 1.807) is 0 Å². The highest BCUT2D eigenvalue weighted by Gasteiger charge is 2.27. The van der Waals surface area contributed by atoms with Crippen LogP contribution in [0.1, 0.15) is 34.8 Å². The topological polar surface area (TPSA) is 86.7 Å². The van der Waals surface area contributed by atoms with Crippen LogP contribution < -0.4 is 0 Å². The van der Waals surface area contributed by atoms with E-state index in [-0.39, 0.29) is 6.61 Å². The number of benzene rings is 2. The predicted octanol–water partition coefficient (Wildman–Crippen LogP) is 3.06. The molecule has 0 radical (unpaired) electrons. The summed E-state index contributed by atoms with van der Waals surface area (Å²) in [5, 5.41) is 0. The van der Waals surface area contributed by atoms with Crippen LogP contribution in [-0.4, -0.2) is 36.0 Å². The van der Waals surface area contributed by atoms with Crippen LogP contribution in [0.25, 0.3) is 5.57 Å². The van der Waals surface area contributed by atoms with Crippen molar-refractivity contribution in [1.29, 1.82) is 0 Å². The van der Waals surface area contributed by atoms with Crippen molar-refractivity contribution in [1.82, 2.24) is 0 Å². The minimum atomic E-state index is -3.65. The van der Waals surface area contributed by atoms with E-state index in [4.69, 9.17) is 8.37 Å². The van der Waals surface area contributed by atoms with Gasteiger partial charge in [-0.05, 0) is 34.2 Å². The number of hydrogen-bond acceptors (Lipinski definition) is 6. The molecule has 150 valence electrons. The molecule has 0 bridgehead atoms. The van der Waals surface area contributed by atoms with Crippen molar-refractivity contribution < 1.29 is 25.2 Å². The Morgan fingerprint density at radius 1 is 0.929 bits per heavy atom. The molecule has 6 nitrogen and oxygen atoms in total. The molecule has 1 aliphatic rings. The first-order valence-corrected chi connectivity index (χ1v) is 12.4. The molecule has 0 heterocycles. The molecule has 0 unspecified atom stereocenters. The molecule has 2 aromatic carbocycles. The Hall–Kier alpha value is -2.00. The highest BCUT2D eigenvalue weighted by Crippen LogP contribution is 2.39. The fourth-order valence-electron chi connectivity index (χ4n) is 3.36. The molecule has 2 aromatic rings. The molecule has 0 amide bonds. The molecule has 0 spiro atoms. The Labute approximate surface area is 166 Å². The summed E-state index contributed by atoms with van der Waals surface area (Å²) in [7, 11) is -7.15. The quantitative estimate of drug-likeness (QED) is 0.525. The maximum atomic E-state index is 11.8. The van der Waals surface area contributed by atoms with Gasteiger partial charge in [0.05, 0.1) is 19.1 Å². The van der Waals surface area contributed by atoms with Crippen LogP contribution in [0.15, 0.2) is 54.6 Å². The van der Waals surface area contributed by atoms with E-state index in [1.807, 2.05) is 54.6 Å². The largest absolute Gasteiger partial charge is 0.270 e. The van der Waals surface area contributed by atoms with Crippen LogP contribution in [0.5, 0.6) is 0 Å². The van der Waals surface area contributed by atoms with Gasteiger partial charge in [-0.3, -0.25) is 8.37 Å². The summed E-state index contributed by atoms with van der Waals surface area (Å²) in [4.78, 5) is 0. The zero-order chi connectivity index (χ0) is 20.4. The molecule has 0 saturated carbocycles. The standard InChI is InChI=1S/C20H22O6S2/c1-27(21,22)25-13-7-12-17-16-9-4-3-8-15(16)14-20(26-28(2,23)24)19-11-6-5-10-18(17)19/h3-6,8-12,20H,7,13-14H2,1-2H3/b17-12-/t20-/m0/s1. The Kier molecular flexibility index (Phi) is 6.04.